The molecule has 0 radical (unpaired) electrons. The second kappa shape index (κ2) is 6.26. The van der Waals surface area contributed by atoms with Crippen molar-refractivity contribution in [1.82, 2.24) is 30.3 Å². The van der Waals surface area contributed by atoms with Crippen LogP contribution in [0.3, 0.4) is 0 Å². The van der Waals surface area contributed by atoms with Crippen LogP contribution in [0.2, 0.25) is 0 Å². The molecule has 3 rings (SSSR count). The fourth-order valence-corrected chi connectivity index (χ4v) is 2.73. The minimum atomic E-state index is 0.416. The molecule has 108 valence electrons. The van der Waals surface area contributed by atoms with Crippen LogP contribution in [0.5, 0.6) is 0 Å². The summed E-state index contributed by atoms with van der Waals surface area (Å²) in [4.78, 5) is 9.09. The first-order chi connectivity index (χ1) is 9.88. The van der Waals surface area contributed by atoms with Gasteiger partial charge in [-0.3, -0.25) is 0 Å². The fraction of sp³-hybridized carbons (Fsp3) is 0.714. The lowest BCUT2D eigenvalue weighted by atomic mass is 10.1. The van der Waals surface area contributed by atoms with Crippen LogP contribution in [0.15, 0.2) is 6.20 Å². The van der Waals surface area contributed by atoms with Gasteiger partial charge in [-0.05, 0) is 32.4 Å². The summed E-state index contributed by atoms with van der Waals surface area (Å²) in [5.41, 5.74) is 1.71. The summed E-state index contributed by atoms with van der Waals surface area (Å²) in [6.45, 7) is 4.29. The van der Waals surface area contributed by atoms with Gasteiger partial charge in [0, 0.05) is 6.42 Å². The number of nitrogens with zero attached hydrogens (tertiary/aromatic N) is 5. The van der Waals surface area contributed by atoms with E-state index >= 15 is 0 Å². The Morgan fingerprint density at radius 1 is 1.30 bits per heavy atom. The number of fused-ring (bicyclic) bond motifs is 1. The van der Waals surface area contributed by atoms with Crippen LogP contribution in [0, 0.1) is 0 Å². The third-order valence-corrected chi connectivity index (χ3v) is 3.92. The van der Waals surface area contributed by atoms with Crippen molar-refractivity contribution in [3.05, 3.63) is 12.0 Å². The van der Waals surface area contributed by atoms with Gasteiger partial charge in [0.2, 0.25) is 0 Å². The highest BCUT2D eigenvalue weighted by molar-refractivity contribution is 5.68. The molecule has 0 unspecified atom stereocenters. The SMILES string of the molecule is CCCCCc1ncc2nnn(C3CCNCC3)c2n1. The van der Waals surface area contributed by atoms with E-state index in [4.69, 9.17) is 0 Å². The summed E-state index contributed by atoms with van der Waals surface area (Å²) in [5, 5.41) is 11.9. The Hall–Kier alpha value is -1.56. The summed E-state index contributed by atoms with van der Waals surface area (Å²) in [6.07, 6.45) is 8.54. The third-order valence-electron chi connectivity index (χ3n) is 3.92. The zero-order valence-electron chi connectivity index (χ0n) is 12.0. The second-order valence-corrected chi connectivity index (χ2v) is 5.47. The molecule has 0 saturated carbocycles. The molecule has 0 atom stereocenters. The molecule has 6 nitrogen and oxygen atoms in total. The maximum atomic E-state index is 4.69. The Bertz CT molecular complexity index is 558. The van der Waals surface area contributed by atoms with Gasteiger partial charge in [-0.25, -0.2) is 14.6 Å². The van der Waals surface area contributed by atoms with E-state index < -0.39 is 0 Å². The smallest absolute Gasteiger partial charge is 0.182 e. The Morgan fingerprint density at radius 3 is 2.95 bits per heavy atom. The van der Waals surface area contributed by atoms with Gasteiger partial charge in [0.05, 0.1) is 12.2 Å². The van der Waals surface area contributed by atoms with Crippen molar-refractivity contribution in [1.29, 1.82) is 0 Å². The highest BCUT2D eigenvalue weighted by atomic mass is 15.5. The van der Waals surface area contributed by atoms with Crippen LogP contribution in [0.4, 0.5) is 0 Å². The van der Waals surface area contributed by atoms with Crippen molar-refractivity contribution in [3.63, 3.8) is 0 Å². The number of rotatable bonds is 5. The van der Waals surface area contributed by atoms with E-state index in [-0.39, 0.29) is 0 Å². The van der Waals surface area contributed by atoms with Crippen LogP contribution >= 0.6 is 0 Å². The molecule has 2 aromatic rings. The fourth-order valence-electron chi connectivity index (χ4n) is 2.73. The normalized spacial score (nSPS) is 16.9. The van der Waals surface area contributed by atoms with Crippen molar-refractivity contribution in [3.8, 4) is 0 Å². The van der Waals surface area contributed by atoms with Gasteiger partial charge in [0.15, 0.2) is 11.2 Å². The first-order valence-electron chi connectivity index (χ1n) is 7.66. The van der Waals surface area contributed by atoms with Crippen molar-refractivity contribution in [2.75, 3.05) is 13.1 Å². The van der Waals surface area contributed by atoms with E-state index in [2.05, 4.69) is 32.5 Å². The van der Waals surface area contributed by atoms with Crippen LogP contribution in [-0.2, 0) is 6.42 Å². The predicted octanol–water partition coefficient (Wildman–Crippen LogP) is 1.88. The average Bonchev–Trinajstić information content (AvgIpc) is 2.91. The number of hydrogen-bond acceptors (Lipinski definition) is 5. The Kier molecular flexibility index (Phi) is 4.20. The Labute approximate surface area is 119 Å². The average molecular weight is 274 g/mol. The molecule has 20 heavy (non-hydrogen) atoms. The predicted molar refractivity (Wildman–Crippen MR) is 77.5 cm³/mol. The van der Waals surface area contributed by atoms with Crippen LogP contribution in [0.1, 0.15) is 50.9 Å². The summed E-state index contributed by atoms with van der Waals surface area (Å²) < 4.78 is 2.00. The zero-order valence-corrected chi connectivity index (χ0v) is 12.0. The van der Waals surface area contributed by atoms with E-state index in [0.717, 1.165) is 55.8 Å². The number of nitrogens with one attached hydrogen (secondary N) is 1. The number of aryl methyl sites for hydroxylation is 1. The Morgan fingerprint density at radius 2 is 2.15 bits per heavy atom. The quantitative estimate of drug-likeness (QED) is 0.843. The number of unbranched alkanes of at least 4 members (excludes halogenated alkanes) is 2. The van der Waals surface area contributed by atoms with Crippen molar-refractivity contribution >= 4 is 11.2 Å². The lowest BCUT2D eigenvalue weighted by Crippen LogP contribution is -2.30. The number of piperidine rings is 1. The van der Waals surface area contributed by atoms with Crippen molar-refractivity contribution < 1.29 is 0 Å². The standard InChI is InChI=1S/C14H22N6/c1-2-3-4-5-13-16-10-12-14(17-13)20(19-18-12)11-6-8-15-9-7-11/h10-11,15H,2-9H2,1H3. The van der Waals surface area contributed by atoms with Gasteiger partial charge in [0.25, 0.3) is 0 Å². The van der Waals surface area contributed by atoms with Gasteiger partial charge >= 0.3 is 0 Å². The van der Waals surface area contributed by atoms with E-state index in [1.54, 1.807) is 0 Å². The van der Waals surface area contributed by atoms with Crippen molar-refractivity contribution in [2.45, 2.75) is 51.5 Å². The molecule has 0 bridgehead atoms. The summed E-state index contributed by atoms with van der Waals surface area (Å²) in [5.74, 6) is 0.920. The number of hydrogen-bond donors (Lipinski definition) is 1. The Balaban J connectivity index is 1.83. The molecule has 1 N–H and O–H groups in total. The summed E-state index contributed by atoms with van der Waals surface area (Å²) >= 11 is 0. The second-order valence-electron chi connectivity index (χ2n) is 5.47. The van der Waals surface area contributed by atoms with Gasteiger partial charge in [0.1, 0.15) is 5.82 Å². The van der Waals surface area contributed by atoms with Crippen LogP contribution in [0.25, 0.3) is 11.2 Å². The maximum Gasteiger partial charge on any atom is 0.182 e. The summed E-state index contributed by atoms with van der Waals surface area (Å²) in [6, 6.07) is 0.416. The molecule has 0 spiro atoms. The third kappa shape index (κ3) is 2.80. The van der Waals surface area contributed by atoms with Crippen LogP contribution < -0.4 is 5.32 Å². The van der Waals surface area contributed by atoms with Gasteiger partial charge in [-0.15, -0.1) is 5.10 Å². The monoisotopic (exact) mass is 274 g/mol. The summed E-state index contributed by atoms with van der Waals surface area (Å²) in [7, 11) is 0. The lowest BCUT2D eigenvalue weighted by molar-refractivity contribution is 0.343. The molecule has 0 amide bonds. The van der Waals surface area contributed by atoms with E-state index in [1.807, 2.05) is 10.9 Å². The van der Waals surface area contributed by atoms with Gasteiger partial charge in [-0.2, -0.15) is 0 Å². The first-order valence-corrected chi connectivity index (χ1v) is 7.66. The maximum absolute atomic E-state index is 4.69. The topological polar surface area (TPSA) is 68.5 Å². The zero-order chi connectivity index (χ0) is 13.8. The molecule has 1 aliphatic rings. The molecule has 1 saturated heterocycles. The van der Waals surface area contributed by atoms with E-state index in [1.165, 1.54) is 12.8 Å². The van der Waals surface area contributed by atoms with Gasteiger partial charge in [-0.1, -0.05) is 25.0 Å². The van der Waals surface area contributed by atoms with Gasteiger partial charge < -0.3 is 5.32 Å². The molecular weight excluding hydrogens is 252 g/mol. The minimum absolute atomic E-state index is 0.416. The first kappa shape index (κ1) is 13.4. The van der Waals surface area contributed by atoms with Crippen molar-refractivity contribution in [2.24, 2.45) is 0 Å². The van der Waals surface area contributed by atoms with E-state index in [0.29, 0.717) is 6.04 Å². The highest BCUT2D eigenvalue weighted by Crippen LogP contribution is 2.21. The molecule has 0 aromatic carbocycles. The largest absolute Gasteiger partial charge is 0.317 e. The lowest BCUT2D eigenvalue weighted by Gasteiger charge is -2.22. The molecule has 6 heteroatoms. The molecule has 0 aliphatic carbocycles. The van der Waals surface area contributed by atoms with Crippen LogP contribution in [-0.4, -0.2) is 38.1 Å². The minimum Gasteiger partial charge on any atom is -0.317 e. The van der Waals surface area contributed by atoms with E-state index in [9.17, 15) is 0 Å². The molecule has 1 fully saturated rings. The molecule has 3 heterocycles. The highest BCUT2D eigenvalue weighted by Gasteiger charge is 2.19. The molecule has 2 aromatic heterocycles. The molecular formula is C14H22N6. The number of aromatic nitrogens is 5. The molecule has 1 aliphatic heterocycles.